The van der Waals surface area contributed by atoms with Crippen molar-refractivity contribution in [1.82, 2.24) is 10.3 Å². The van der Waals surface area contributed by atoms with Gasteiger partial charge < -0.3 is 15.1 Å². The van der Waals surface area contributed by atoms with Gasteiger partial charge in [-0.05, 0) is 37.6 Å². The molecule has 0 spiro atoms. The number of fused-ring (bicyclic) bond motifs is 1. The Labute approximate surface area is 105 Å². The van der Waals surface area contributed by atoms with Crippen molar-refractivity contribution in [1.29, 1.82) is 0 Å². The molecule has 0 radical (unpaired) electrons. The maximum Gasteiger partial charge on any atom is 0.241 e. The van der Waals surface area contributed by atoms with E-state index in [9.17, 15) is 4.79 Å². The molecule has 0 saturated carbocycles. The van der Waals surface area contributed by atoms with E-state index in [-0.39, 0.29) is 11.9 Å². The van der Waals surface area contributed by atoms with Gasteiger partial charge in [-0.15, -0.1) is 0 Å². The lowest BCUT2D eigenvalue weighted by Crippen LogP contribution is -2.35. The van der Waals surface area contributed by atoms with Crippen molar-refractivity contribution in [3.05, 3.63) is 24.1 Å². The summed E-state index contributed by atoms with van der Waals surface area (Å²) in [7, 11) is 0. The number of hydrogen-bond donors (Lipinski definition) is 2. The van der Waals surface area contributed by atoms with Gasteiger partial charge in [0.25, 0.3) is 0 Å². The topological polar surface area (TPSA) is 67.2 Å². The van der Waals surface area contributed by atoms with Crippen LogP contribution in [0.5, 0.6) is 0 Å². The fourth-order valence-electron chi connectivity index (χ4n) is 2.26. The first-order valence-electron chi connectivity index (χ1n) is 6.14. The summed E-state index contributed by atoms with van der Waals surface area (Å²) in [5.74, 6) is 0.651. The fourth-order valence-corrected chi connectivity index (χ4v) is 2.26. The van der Waals surface area contributed by atoms with Gasteiger partial charge in [0.15, 0.2) is 11.5 Å². The van der Waals surface area contributed by atoms with Crippen LogP contribution < -0.4 is 10.6 Å². The third-order valence-electron chi connectivity index (χ3n) is 3.14. The van der Waals surface area contributed by atoms with Crippen LogP contribution in [0.4, 0.5) is 5.69 Å². The normalized spacial score (nSPS) is 19.3. The number of carbonyl (C=O) groups excluding carboxylic acids is 1. The standard InChI is InChI=1S/C13H15N3O2/c1-8-15-11-7-9(4-5-12(11)18-8)16-13(17)10-3-2-6-14-10/h4-5,7,10,14H,2-3,6H2,1H3,(H,16,17). The molecule has 1 amide bonds. The Morgan fingerprint density at radius 2 is 2.44 bits per heavy atom. The second-order valence-electron chi connectivity index (χ2n) is 4.55. The molecule has 1 fully saturated rings. The lowest BCUT2D eigenvalue weighted by atomic mass is 10.2. The van der Waals surface area contributed by atoms with E-state index < -0.39 is 0 Å². The number of nitrogens with one attached hydrogen (secondary N) is 2. The minimum absolute atomic E-state index is 0.0204. The third kappa shape index (κ3) is 2.09. The van der Waals surface area contributed by atoms with Crippen LogP contribution >= 0.6 is 0 Å². The second-order valence-corrected chi connectivity index (χ2v) is 4.55. The first-order valence-corrected chi connectivity index (χ1v) is 6.14. The quantitative estimate of drug-likeness (QED) is 0.847. The Hall–Kier alpha value is -1.88. The van der Waals surface area contributed by atoms with Crippen LogP contribution in [-0.4, -0.2) is 23.5 Å². The van der Waals surface area contributed by atoms with Crippen LogP contribution in [-0.2, 0) is 4.79 Å². The first-order chi connectivity index (χ1) is 8.72. The highest BCUT2D eigenvalue weighted by Crippen LogP contribution is 2.20. The van der Waals surface area contributed by atoms with E-state index in [1.165, 1.54) is 0 Å². The average molecular weight is 245 g/mol. The summed E-state index contributed by atoms with van der Waals surface area (Å²) in [6, 6.07) is 5.42. The molecule has 1 aliphatic rings. The lowest BCUT2D eigenvalue weighted by Gasteiger charge is -2.10. The summed E-state index contributed by atoms with van der Waals surface area (Å²) < 4.78 is 5.39. The molecule has 1 saturated heterocycles. The largest absolute Gasteiger partial charge is 0.441 e. The molecule has 2 aromatic rings. The summed E-state index contributed by atoms with van der Waals surface area (Å²) in [4.78, 5) is 16.2. The molecule has 5 heteroatoms. The molecule has 1 atom stereocenters. The average Bonchev–Trinajstić information content (AvgIpc) is 2.95. The number of hydrogen-bond acceptors (Lipinski definition) is 4. The molecule has 2 heterocycles. The van der Waals surface area contributed by atoms with E-state index in [2.05, 4.69) is 15.6 Å². The minimum atomic E-state index is -0.0697. The Bertz CT molecular complexity index is 585. The predicted molar refractivity (Wildman–Crippen MR) is 68.4 cm³/mol. The van der Waals surface area contributed by atoms with E-state index >= 15 is 0 Å². The molecule has 1 aromatic carbocycles. The molecule has 5 nitrogen and oxygen atoms in total. The summed E-state index contributed by atoms with van der Waals surface area (Å²) in [5.41, 5.74) is 2.27. The SMILES string of the molecule is Cc1nc2cc(NC(=O)C3CCCN3)ccc2o1. The zero-order valence-electron chi connectivity index (χ0n) is 10.2. The number of anilines is 1. The van der Waals surface area contributed by atoms with Crippen LogP contribution in [0.25, 0.3) is 11.1 Å². The number of amides is 1. The van der Waals surface area contributed by atoms with E-state index in [0.717, 1.165) is 36.2 Å². The van der Waals surface area contributed by atoms with Gasteiger partial charge in [0, 0.05) is 12.6 Å². The molecular weight excluding hydrogens is 230 g/mol. The Morgan fingerprint density at radius 3 is 3.22 bits per heavy atom. The van der Waals surface area contributed by atoms with E-state index in [4.69, 9.17) is 4.42 Å². The summed E-state index contributed by atoms with van der Waals surface area (Å²) in [6.45, 7) is 2.72. The lowest BCUT2D eigenvalue weighted by molar-refractivity contribution is -0.117. The van der Waals surface area contributed by atoms with Gasteiger partial charge in [-0.1, -0.05) is 0 Å². The smallest absolute Gasteiger partial charge is 0.241 e. The number of carbonyl (C=O) groups is 1. The number of oxazole rings is 1. The van der Waals surface area contributed by atoms with E-state index in [1.54, 1.807) is 6.92 Å². The van der Waals surface area contributed by atoms with Crippen LogP contribution in [0, 0.1) is 6.92 Å². The summed E-state index contributed by atoms with van der Waals surface area (Å²) >= 11 is 0. The highest BCUT2D eigenvalue weighted by atomic mass is 16.3. The number of aryl methyl sites for hydroxylation is 1. The molecule has 0 aliphatic carbocycles. The molecule has 0 bridgehead atoms. The Balaban J connectivity index is 1.79. The molecule has 1 unspecified atom stereocenters. The molecular formula is C13H15N3O2. The van der Waals surface area contributed by atoms with Crippen molar-refractivity contribution >= 4 is 22.7 Å². The number of aromatic nitrogens is 1. The molecule has 2 N–H and O–H groups in total. The number of benzene rings is 1. The van der Waals surface area contributed by atoms with Gasteiger partial charge in [-0.25, -0.2) is 4.98 Å². The fraction of sp³-hybridized carbons (Fsp3) is 0.385. The molecule has 1 aromatic heterocycles. The van der Waals surface area contributed by atoms with Crippen molar-refractivity contribution in [2.24, 2.45) is 0 Å². The summed E-state index contributed by atoms with van der Waals surface area (Å²) in [6.07, 6.45) is 1.96. The zero-order chi connectivity index (χ0) is 12.5. The molecule has 18 heavy (non-hydrogen) atoms. The Morgan fingerprint density at radius 1 is 1.56 bits per heavy atom. The van der Waals surface area contributed by atoms with Gasteiger partial charge in [-0.2, -0.15) is 0 Å². The third-order valence-corrected chi connectivity index (χ3v) is 3.14. The molecule has 3 rings (SSSR count). The van der Waals surface area contributed by atoms with Crippen LogP contribution in [0.15, 0.2) is 22.6 Å². The number of rotatable bonds is 2. The Kier molecular flexibility index (Phi) is 2.76. The van der Waals surface area contributed by atoms with Gasteiger partial charge >= 0.3 is 0 Å². The van der Waals surface area contributed by atoms with Crippen molar-refractivity contribution in [2.75, 3.05) is 11.9 Å². The zero-order valence-corrected chi connectivity index (χ0v) is 10.2. The van der Waals surface area contributed by atoms with Gasteiger partial charge in [0.1, 0.15) is 5.52 Å². The van der Waals surface area contributed by atoms with E-state index in [1.807, 2.05) is 18.2 Å². The van der Waals surface area contributed by atoms with E-state index in [0.29, 0.717) is 5.89 Å². The molecule has 1 aliphatic heterocycles. The molecule has 94 valence electrons. The van der Waals surface area contributed by atoms with Crippen molar-refractivity contribution < 1.29 is 9.21 Å². The van der Waals surface area contributed by atoms with Crippen LogP contribution in [0.3, 0.4) is 0 Å². The van der Waals surface area contributed by atoms with Gasteiger partial charge in [0.05, 0.1) is 6.04 Å². The number of nitrogens with zero attached hydrogens (tertiary/aromatic N) is 1. The van der Waals surface area contributed by atoms with Crippen molar-refractivity contribution in [3.8, 4) is 0 Å². The second kappa shape index (κ2) is 4.42. The minimum Gasteiger partial charge on any atom is -0.441 e. The highest BCUT2D eigenvalue weighted by molar-refractivity contribution is 5.96. The first kappa shape index (κ1) is 11.2. The van der Waals surface area contributed by atoms with Crippen LogP contribution in [0.2, 0.25) is 0 Å². The van der Waals surface area contributed by atoms with Gasteiger partial charge in [-0.3, -0.25) is 4.79 Å². The summed E-state index contributed by atoms with van der Waals surface area (Å²) in [5, 5.41) is 6.07. The van der Waals surface area contributed by atoms with Crippen molar-refractivity contribution in [2.45, 2.75) is 25.8 Å². The monoisotopic (exact) mass is 245 g/mol. The van der Waals surface area contributed by atoms with Crippen LogP contribution in [0.1, 0.15) is 18.7 Å². The maximum absolute atomic E-state index is 11.9. The predicted octanol–water partition coefficient (Wildman–Crippen LogP) is 1.83. The van der Waals surface area contributed by atoms with Gasteiger partial charge in [0.2, 0.25) is 5.91 Å². The van der Waals surface area contributed by atoms with Crippen molar-refractivity contribution in [3.63, 3.8) is 0 Å². The highest BCUT2D eigenvalue weighted by Gasteiger charge is 2.21. The maximum atomic E-state index is 11.9.